The number of carbonyl (C=O) groups is 1. The second-order valence-electron chi connectivity index (χ2n) is 4.82. The van der Waals surface area contributed by atoms with Gasteiger partial charge in [0.1, 0.15) is 5.60 Å². The Kier molecular flexibility index (Phi) is 4.04. The van der Waals surface area contributed by atoms with Crippen LogP contribution in [0, 0.1) is 12.9 Å². The van der Waals surface area contributed by atoms with E-state index >= 15 is 0 Å². The van der Waals surface area contributed by atoms with Crippen molar-refractivity contribution in [3.8, 4) is 0 Å². The van der Waals surface area contributed by atoms with E-state index in [9.17, 15) is 9.18 Å². The second kappa shape index (κ2) is 5.12. The zero-order valence-corrected chi connectivity index (χ0v) is 10.5. The predicted octanol–water partition coefficient (Wildman–Crippen LogP) is 2.55. The SMILES string of the molecule is Cc1cnc(F)c(CNC(=O)OC(C)(C)C)c1. The molecule has 1 aromatic heterocycles. The van der Waals surface area contributed by atoms with E-state index in [2.05, 4.69) is 10.3 Å². The zero-order chi connectivity index (χ0) is 13.1. The Balaban J connectivity index is 2.56. The third kappa shape index (κ3) is 4.80. The number of alkyl carbamates (subject to hydrolysis) is 1. The number of amides is 1. The first kappa shape index (κ1) is 13.4. The Morgan fingerprint density at radius 1 is 1.53 bits per heavy atom. The van der Waals surface area contributed by atoms with Gasteiger partial charge in [-0.1, -0.05) is 0 Å². The van der Waals surface area contributed by atoms with Gasteiger partial charge in [-0.15, -0.1) is 0 Å². The first-order valence-electron chi connectivity index (χ1n) is 5.36. The van der Waals surface area contributed by atoms with Crippen molar-refractivity contribution in [3.05, 3.63) is 29.3 Å². The van der Waals surface area contributed by atoms with E-state index in [4.69, 9.17) is 4.74 Å². The molecule has 94 valence electrons. The minimum atomic E-state index is -0.577. The minimum Gasteiger partial charge on any atom is -0.444 e. The maximum atomic E-state index is 13.3. The fourth-order valence-corrected chi connectivity index (χ4v) is 1.22. The van der Waals surface area contributed by atoms with Gasteiger partial charge in [-0.25, -0.2) is 9.78 Å². The van der Waals surface area contributed by atoms with Crippen LogP contribution in [-0.2, 0) is 11.3 Å². The molecule has 0 atom stereocenters. The number of nitrogens with zero attached hydrogens (tertiary/aromatic N) is 1. The summed E-state index contributed by atoms with van der Waals surface area (Å²) < 4.78 is 18.3. The maximum Gasteiger partial charge on any atom is 0.407 e. The lowest BCUT2D eigenvalue weighted by Crippen LogP contribution is -2.32. The highest BCUT2D eigenvalue weighted by atomic mass is 19.1. The Hall–Kier alpha value is -1.65. The van der Waals surface area contributed by atoms with Crippen LogP contribution in [0.1, 0.15) is 31.9 Å². The highest BCUT2D eigenvalue weighted by molar-refractivity contribution is 5.67. The molecule has 0 radical (unpaired) electrons. The van der Waals surface area contributed by atoms with Crippen LogP contribution in [0.25, 0.3) is 0 Å². The molecule has 0 aliphatic rings. The lowest BCUT2D eigenvalue weighted by molar-refractivity contribution is 0.0523. The molecule has 5 heteroatoms. The number of aryl methyl sites for hydroxylation is 1. The van der Waals surface area contributed by atoms with Crippen molar-refractivity contribution < 1.29 is 13.9 Å². The van der Waals surface area contributed by atoms with E-state index < -0.39 is 17.6 Å². The van der Waals surface area contributed by atoms with Crippen molar-refractivity contribution >= 4 is 6.09 Å². The van der Waals surface area contributed by atoms with Crippen molar-refractivity contribution in [1.82, 2.24) is 10.3 Å². The molecule has 1 N–H and O–H groups in total. The summed E-state index contributed by atoms with van der Waals surface area (Å²) >= 11 is 0. The lowest BCUT2D eigenvalue weighted by Gasteiger charge is -2.19. The third-order valence-corrected chi connectivity index (χ3v) is 1.87. The number of carbonyl (C=O) groups excluding carboxylic acids is 1. The summed E-state index contributed by atoms with van der Waals surface area (Å²) in [4.78, 5) is 14.9. The molecular formula is C12H17FN2O2. The second-order valence-corrected chi connectivity index (χ2v) is 4.82. The molecule has 1 rings (SSSR count). The molecule has 0 unspecified atom stereocenters. The quantitative estimate of drug-likeness (QED) is 0.808. The summed E-state index contributed by atoms with van der Waals surface area (Å²) in [7, 11) is 0. The number of hydrogen-bond acceptors (Lipinski definition) is 3. The van der Waals surface area contributed by atoms with E-state index in [1.807, 2.05) is 6.92 Å². The first-order chi connectivity index (χ1) is 7.78. The lowest BCUT2D eigenvalue weighted by atomic mass is 10.2. The van der Waals surface area contributed by atoms with E-state index in [-0.39, 0.29) is 6.54 Å². The molecule has 0 aliphatic carbocycles. The van der Waals surface area contributed by atoms with Crippen LogP contribution in [0.5, 0.6) is 0 Å². The van der Waals surface area contributed by atoms with Crippen LogP contribution in [-0.4, -0.2) is 16.7 Å². The fourth-order valence-electron chi connectivity index (χ4n) is 1.22. The van der Waals surface area contributed by atoms with Gasteiger partial charge in [0.2, 0.25) is 5.95 Å². The molecule has 1 aromatic rings. The summed E-state index contributed by atoms with van der Waals surface area (Å²) in [6, 6.07) is 1.64. The van der Waals surface area contributed by atoms with Crippen LogP contribution in [0.15, 0.2) is 12.3 Å². The first-order valence-corrected chi connectivity index (χ1v) is 5.36. The molecule has 0 aromatic carbocycles. The summed E-state index contributed by atoms with van der Waals surface area (Å²) in [5.41, 5.74) is 0.622. The smallest absolute Gasteiger partial charge is 0.407 e. The molecule has 1 heterocycles. The number of rotatable bonds is 2. The monoisotopic (exact) mass is 240 g/mol. The molecule has 0 saturated carbocycles. The Labute approximate surface area is 100 Å². The summed E-state index contributed by atoms with van der Waals surface area (Å²) in [5, 5.41) is 2.48. The number of hydrogen-bond donors (Lipinski definition) is 1. The third-order valence-electron chi connectivity index (χ3n) is 1.87. The highest BCUT2D eigenvalue weighted by Gasteiger charge is 2.16. The molecule has 4 nitrogen and oxygen atoms in total. The summed E-state index contributed by atoms with van der Waals surface area (Å²) in [6.45, 7) is 7.17. The van der Waals surface area contributed by atoms with E-state index in [0.29, 0.717) is 5.56 Å². The van der Waals surface area contributed by atoms with Crippen molar-refractivity contribution in [1.29, 1.82) is 0 Å². The number of halogens is 1. The standard InChI is InChI=1S/C12H17FN2O2/c1-8-5-9(10(13)14-6-8)7-15-11(16)17-12(2,3)4/h5-6H,7H2,1-4H3,(H,15,16). The van der Waals surface area contributed by atoms with Gasteiger partial charge >= 0.3 is 6.09 Å². The predicted molar refractivity (Wildman–Crippen MR) is 62.0 cm³/mol. The average molecular weight is 240 g/mol. The van der Waals surface area contributed by atoms with Crippen molar-refractivity contribution in [2.45, 2.75) is 39.8 Å². The van der Waals surface area contributed by atoms with Crippen LogP contribution in [0.4, 0.5) is 9.18 Å². The number of nitrogens with one attached hydrogen (secondary N) is 1. The van der Waals surface area contributed by atoms with Crippen molar-refractivity contribution in [2.24, 2.45) is 0 Å². The number of pyridine rings is 1. The molecular weight excluding hydrogens is 223 g/mol. The Bertz CT molecular complexity index is 413. The topological polar surface area (TPSA) is 51.2 Å². The summed E-state index contributed by atoms with van der Waals surface area (Å²) in [5.74, 6) is -0.577. The molecule has 0 spiro atoms. The van der Waals surface area contributed by atoms with Crippen LogP contribution in [0.2, 0.25) is 0 Å². The Morgan fingerprint density at radius 2 is 2.18 bits per heavy atom. The highest BCUT2D eigenvalue weighted by Crippen LogP contribution is 2.09. The van der Waals surface area contributed by atoms with Gasteiger partial charge in [0, 0.05) is 11.8 Å². The van der Waals surface area contributed by atoms with Gasteiger partial charge in [0.05, 0.1) is 6.54 Å². The molecule has 0 fully saturated rings. The van der Waals surface area contributed by atoms with Gasteiger partial charge < -0.3 is 10.1 Å². The van der Waals surface area contributed by atoms with Crippen LogP contribution < -0.4 is 5.32 Å². The van der Waals surface area contributed by atoms with Gasteiger partial charge in [0.25, 0.3) is 0 Å². The summed E-state index contributed by atoms with van der Waals surface area (Å²) in [6.07, 6.45) is 0.866. The van der Waals surface area contributed by atoms with E-state index in [1.165, 1.54) is 6.20 Å². The van der Waals surface area contributed by atoms with Crippen LogP contribution in [0.3, 0.4) is 0 Å². The number of aromatic nitrogens is 1. The Morgan fingerprint density at radius 3 is 2.76 bits per heavy atom. The molecule has 1 amide bonds. The van der Waals surface area contributed by atoms with Gasteiger partial charge in [-0.05, 0) is 39.3 Å². The average Bonchev–Trinajstić information content (AvgIpc) is 2.17. The molecule has 0 aliphatic heterocycles. The largest absolute Gasteiger partial charge is 0.444 e. The molecule has 17 heavy (non-hydrogen) atoms. The van der Waals surface area contributed by atoms with Crippen molar-refractivity contribution in [2.75, 3.05) is 0 Å². The van der Waals surface area contributed by atoms with Gasteiger partial charge in [0.15, 0.2) is 0 Å². The molecule has 0 saturated heterocycles. The van der Waals surface area contributed by atoms with E-state index in [1.54, 1.807) is 26.8 Å². The molecule has 0 bridgehead atoms. The van der Waals surface area contributed by atoms with Gasteiger partial charge in [-0.2, -0.15) is 4.39 Å². The van der Waals surface area contributed by atoms with E-state index in [0.717, 1.165) is 5.56 Å². The zero-order valence-electron chi connectivity index (χ0n) is 10.5. The van der Waals surface area contributed by atoms with Crippen LogP contribution >= 0.6 is 0 Å². The minimum absolute atomic E-state index is 0.0649. The fraction of sp³-hybridized carbons (Fsp3) is 0.500. The maximum absolute atomic E-state index is 13.3. The van der Waals surface area contributed by atoms with Gasteiger partial charge in [-0.3, -0.25) is 0 Å². The normalized spacial score (nSPS) is 11.1. The number of ether oxygens (including phenoxy) is 1. The van der Waals surface area contributed by atoms with Crippen molar-refractivity contribution in [3.63, 3.8) is 0 Å².